The van der Waals surface area contributed by atoms with Crippen molar-refractivity contribution >= 4 is 17.6 Å². The Hall–Kier alpha value is -2.82. The van der Waals surface area contributed by atoms with Crippen LogP contribution in [-0.2, 0) is 4.74 Å². The Labute approximate surface area is 141 Å². The van der Waals surface area contributed by atoms with E-state index in [1.165, 1.54) is 7.11 Å². The number of rotatable bonds is 6. The number of hydrogen-bond acceptors (Lipinski definition) is 4. The van der Waals surface area contributed by atoms with E-state index >= 15 is 0 Å². The smallest absolute Gasteiger partial charge is 0.337 e. The summed E-state index contributed by atoms with van der Waals surface area (Å²) in [6.07, 6.45) is 1.02. The van der Waals surface area contributed by atoms with Gasteiger partial charge >= 0.3 is 5.97 Å². The van der Waals surface area contributed by atoms with E-state index in [0.29, 0.717) is 22.6 Å². The van der Waals surface area contributed by atoms with Crippen LogP contribution in [0.3, 0.4) is 0 Å². The van der Waals surface area contributed by atoms with Crippen LogP contribution in [0, 0.1) is 0 Å². The fourth-order valence-electron chi connectivity index (χ4n) is 2.04. The Bertz CT molecular complexity index is 710. The van der Waals surface area contributed by atoms with Gasteiger partial charge in [-0.1, -0.05) is 13.0 Å². The molecule has 5 heteroatoms. The van der Waals surface area contributed by atoms with Crippen molar-refractivity contribution in [3.05, 3.63) is 59.7 Å². The zero-order valence-corrected chi connectivity index (χ0v) is 14.0. The summed E-state index contributed by atoms with van der Waals surface area (Å²) in [4.78, 5) is 23.7. The number of benzene rings is 2. The Balaban J connectivity index is 2.06. The predicted molar refractivity (Wildman–Crippen MR) is 92.6 cm³/mol. The maximum atomic E-state index is 12.3. The van der Waals surface area contributed by atoms with E-state index < -0.39 is 5.97 Å². The van der Waals surface area contributed by atoms with E-state index in [4.69, 9.17) is 4.74 Å². The van der Waals surface area contributed by atoms with Gasteiger partial charge in [0, 0.05) is 17.3 Å². The van der Waals surface area contributed by atoms with Gasteiger partial charge in [-0.15, -0.1) is 0 Å². The van der Waals surface area contributed by atoms with Crippen LogP contribution >= 0.6 is 0 Å². The lowest BCUT2D eigenvalue weighted by atomic mass is 10.1. The summed E-state index contributed by atoms with van der Waals surface area (Å²) in [5.41, 5.74) is 1.51. The Morgan fingerprint density at radius 2 is 1.75 bits per heavy atom. The van der Waals surface area contributed by atoms with Crippen LogP contribution in [0.1, 0.15) is 41.0 Å². The molecule has 0 spiro atoms. The number of nitrogens with one attached hydrogen (secondary N) is 1. The first kappa shape index (κ1) is 17.5. The third-order valence-electron chi connectivity index (χ3n) is 3.57. The van der Waals surface area contributed by atoms with Crippen molar-refractivity contribution < 1.29 is 19.1 Å². The summed E-state index contributed by atoms with van der Waals surface area (Å²) in [5.74, 6) is 0.0205. The first-order valence-corrected chi connectivity index (χ1v) is 7.80. The zero-order valence-electron chi connectivity index (χ0n) is 14.0. The van der Waals surface area contributed by atoms with Crippen LogP contribution in [0.4, 0.5) is 5.69 Å². The molecule has 126 valence electrons. The fourth-order valence-corrected chi connectivity index (χ4v) is 2.04. The largest absolute Gasteiger partial charge is 0.491 e. The monoisotopic (exact) mass is 327 g/mol. The highest BCUT2D eigenvalue weighted by Crippen LogP contribution is 2.20. The molecule has 0 saturated carbocycles. The summed E-state index contributed by atoms with van der Waals surface area (Å²) in [6.45, 7) is 4.04. The van der Waals surface area contributed by atoms with Crippen molar-refractivity contribution in [2.24, 2.45) is 0 Å². The van der Waals surface area contributed by atoms with Crippen LogP contribution < -0.4 is 10.1 Å². The van der Waals surface area contributed by atoms with Crippen molar-refractivity contribution in [2.45, 2.75) is 26.4 Å². The topological polar surface area (TPSA) is 64.6 Å². The number of carbonyl (C=O) groups is 2. The second kappa shape index (κ2) is 8.15. The Morgan fingerprint density at radius 3 is 2.38 bits per heavy atom. The minimum Gasteiger partial charge on any atom is -0.491 e. The number of amides is 1. The van der Waals surface area contributed by atoms with Gasteiger partial charge in [-0.05, 0) is 49.7 Å². The van der Waals surface area contributed by atoms with Crippen LogP contribution in [0.25, 0.3) is 0 Å². The van der Waals surface area contributed by atoms with Gasteiger partial charge < -0.3 is 14.8 Å². The number of anilines is 1. The van der Waals surface area contributed by atoms with Gasteiger partial charge in [0.2, 0.25) is 0 Å². The molecule has 0 fully saturated rings. The van der Waals surface area contributed by atoms with Crippen LogP contribution in [0.5, 0.6) is 5.75 Å². The minimum atomic E-state index is -0.433. The number of esters is 1. The van der Waals surface area contributed by atoms with Gasteiger partial charge in [0.1, 0.15) is 5.75 Å². The average Bonchev–Trinajstić information content (AvgIpc) is 2.61. The summed E-state index contributed by atoms with van der Waals surface area (Å²) < 4.78 is 10.4. The van der Waals surface area contributed by atoms with E-state index in [9.17, 15) is 9.59 Å². The molecule has 2 aromatic rings. The minimum absolute atomic E-state index is 0.113. The van der Waals surface area contributed by atoms with Crippen LogP contribution in [0.15, 0.2) is 48.5 Å². The van der Waals surface area contributed by atoms with Crippen molar-refractivity contribution in [3.8, 4) is 5.75 Å². The SMILES string of the molecule is CCC(C)Oc1cccc(NC(=O)c2ccc(C(=O)OC)cc2)c1. The van der Waals surface area contributed by atoms with Gasteiger partial charge in [-0.2, -0.15) is 0 Å². The molecule has 0 bridgehead atoms. The molecule has 1 amide bonds. The van der Waals surface area contributed by atoms with Crippen molar-refractivity contribution in [1.29, 1.82) is 0 Å². The maximum absolute atomic E-state index is 12.3. The number of ether oxygens (including phenoxy) is 2. The lowest BCUT2D eigenvalue weighted by molar-refractivity contribution is 0.0600. The van der Waals surface area contributed by atoms with E-state index in [2.05, 4.69) is 10.1 Å². The van der Waals surface area contributed by atoms with Crippen molar-refractivity contribution in [1.82, 2.24) is 0 Å². The van der Waals surface area contributed by atoms with Gasteiger partial charge in [0.15, 0.2) is 0 Å². The third kappa shape index (κ3) is 4.59. The number of methoxy groups -OCH3 is 1. The summed E-state index contributed by atoms with van der Waals surface area (Å²) in [6, 6.07) is 13.5. The van der Waals surface area contributed by atoms with E-state index in [-0.39, 0.29) is 12.0 Å². The molecule has 0 saturated heterocycles. The second-order valence-corrected chi connectivity index (χ2v) is 5.39. The molecule has 0 aromatic heterocycles. The maximum Gasteiger partial charge on any atom is 0.337 e. The van der Waals surface area contributed by atoms with Crippen LogP contribution in [0.2, 0.25) is 0 Å². The van der Waals surface area contributed by atoms with Gasteiger partial charge in [-0.3, -0.25) is 4.79 Å². The average molecular weight is 327 g/mol. The van der Waals surface area contributed by atoms with E-state index in [0.717, 1.165) is 6.42 Å². The van der Waals surface area contributed by atoms with E-state index in [1.807, 2.05) is 26.0 Å². The molecule has 0 aliphatic rings. The molecule has 0 aliphatic heterocycles. The number of carbonyl (C=O) groups excluding carboxylic acids is 2. The van der Waals surface area contributed by atoms with Gasteiger partial charge in [-0.25, -0.2) is 4.79 Å². The highest BCUT2D eigenvalue weighted by Gasteiger charge is 2.10. The lowest BCUT2D eigenvalue weighted by Crippen LogP contribution is -2.13. The van der Waals surface area contributed by atoms with E-state index in [1.54, 1.807) is 36.4 Å². The summed E-state index contributed by atoms with van der Waals surface area (Å²) >= 11 is 0. The predicted octanol–water partition coefficient (Wildman–Crippen LogP) is 3.90. The first-order chi connectivity index (χ1) is 11.5. The third-order valence-corrected chi connectivity index (χ3v) is 3.57. The second-order valence-electron chi connectivity index (χ2n) is 5.39. The molecule has 5 nitrogen and oxygen atoms in total. The first-order valence-electron chi connectivity index (χ1n) is 7.80. The molecule has 1 unspecified atom stereocenters. The molecule has 24 heavy (non-hydrogen) atoms. The normalized spacial score (nSPS) is 11.5. The Morgan fingerprint density at radius 1 is 1.08 bits per heavy atom. The summed E-state index contributed by atoms with van der Waals surface area (Å²) in [5, 5.41) is 2.82. The molecule has 1 atom stereocenters. The van der Waals surface area contributed by atoms with Gasteiger partial charge in [0.25, 0.3) is 5.91 Å². The Kier molecular flexibility index (Phi) is 5.95. The molecule has 0 aliphatic carbocycles. The van der Waals surface area contributed by atoms with Crippen LogP contribution in [-0.4, -0.2) is 25.1 Å². The molecule has 1 N–H and O–H groups in total. The molecular formula is C19H21NO4. The van der Waals surface area contributed by atoms with Gasteiger partial charge in [0.05, 0.1) is 18.8 Å². The standard InChI is InChI=1S/C19H21NO4/c1-4-13(2)24-17-7-5-6-16(12-17)20-18(21)14-8-10-15(11-9-14)19(22)23-3/h5-13H,4H2,1-3H3,(H,20,21). The molecule has 2 rings (SSSR count). The molecule has 0 heterocycles. The molecular weight excluding hydrogens is 306 g/mol. The fraction of sp³-hybridized carbons (Fsp3) is 0.263. The van der Waals surface area contributed by atoms with Crippen molar-refractivity contribution in [3.63, 3.8) is 0 Å². The highest BCUT2D eigenvalue weighted by molar-refractivity contribution is 6.04. The lowest BCUT2D eigenvalue weighted by Gasteiger charge is -2.13. The quantitative estimate of drug-likeness (QED) is 0.817. The number of hydrogen-bond donors (Lipinski definition) is 1. The molecule has 2 aromatic carbocycles. The molecule has 0 radical (unpaired) electrons. The highest BCUT2D eigenvalue weighted by atomic mass is 16.5. The zero-order chi connectivity index (χ0) is 17.5. The van der Waals surface area contributed by atoms with Crippen molar-refractivity contribution in [2.75, 3.05) is 12.4 Å². The summed E-state index contributed by atoms with van der Waals surface area (Å²) in [7, 11) is 1.32.